The number of thioether (sulfide) groups is 1. The number of nitrogens with one attached hydrogen (secondary N) is 1. The molecule has 3 nitrogen and oxygen atoms in total. The van der Waals surface area contributed by atoms with Gasteiger partial charge in [0.1, 0.15) is 0 Å². The van der Waals surface area contributed by atoms with Crippen molar-refractivity contribution in [1.29, 1.82) is 0 Å². The average molecular weight is 267 g/mol. The molecule has 0 spiro atoms. The van der Waals surface area contributed by atoms with Crippen molar-refractivity contribution in [2.45, 2.75) is 10.6 Å². The molecule has 0 bridgehead atoms. The summed E-state index contributed by atoms with van der Waals surface area (Å²) in [5, 5.41) is 7.18. The normalized spacial score (nSPS) is 10.5. The fourth-order valence-electron chi connectivity index (χ4n) is 1.84. The molecule has 3 aromatic rings. The van der Waals surface area contributed by atoms with E-state index in [1.807, 2.05) is 30.6 Å². The van der Waals surface area contributed by atoms with Gasteiger partial charge in [0.05, 0.1) is 16.8 Å². The molecule has 3 rings (SSSR count). The summed E-state index contributed by atoms with van der Waals surface area (Å²) in [4.78, 5) is 5.29. The van der Waals surface area contributed by atoms with Gasteiger partial charge in [-0.15, -0.1) is 11.8 Å². The first kappa shape index (κ1) is 12.0. The molecule has 0 saturated heterocycles. The Labute approximate surface area is 116 Å². The van der Waals surface area contributed by atoms with Crippen molar-refractivity contribution >= 4 is 11.8 Å². The minimum atomic E-state index is 0.938. The third-order valence-electron chi connectivity index (χ3n) is 2.79. The first-order valence-corrected chi connectivity index (χ1v) is 7.02. The van der Waals surface area contributed by atoms with Crippen LogP contribution in [0.15, 0.2) is 66.0 Å². The topological polar surface area (TPSA) is 41.6 Å². The van der Waals surface area contributed by atoms with Gasteiger partial charge in [-0.1, -0.05) is 30.3 Å². The van der Waals surface area contributed by atoms with E-state index < -0.39 is 0 Å². The Balaban J connectivity index is 1.78. The second-order valence-corrected chi connectivity index (χ2v) is 5.14. The van der Waals surface area contributed by atoms with Crippen LogP contribution in [0.4, 0.5) is 0 Å². The first-order valence-electron chi connectivity index (χ1n) is 6.04. The summed E-state index contributed by atoms with van der Waals surface area (Å²) in [7, 11) is 0. The maximum atomic E-state index is 4.14. The molecule has 0 radical (unpaired) electrons. The molecule has 2 heterocycles. The minimum absolute atomic E-state index is 0.938. The van der Waals surface area contributed by atoms with Gasteiger partial charge >= 0.3 is 0 Å². The van der Waals surface area contributed by atoms with Gasteiger partial charge in [-0.05, 0) is 17.7 Å². The summed E-state index contributed by atoms with van der Waals surface area (Å²) in [5.74, 6) is 0.938. The van der Waals surface area contributed by atoms with E-state index in [9.17, 15) is 0 Å². The monoisotopic (exact) mass is 267 g/mol. The van der Waals surface area contributed by atoms with Crippen molar-refractivity contribution in [2.75, 3.05) is 0 Å². The van der Waals surface area contributed by atoms with E-state index in [4.69, 9.17) is 0 Å². The van der Waals surface area contributed by atoms with Gasteiger partial charge in [0.2, 0.25) is 0 Å². The first-order chi connectivity index (χ1) is 9.43. The highest BCUT2D eigenvalue weighted by molar-refractivity contribution is 7.98. The van der Waals surface area contributed by atoms with Crippen LogP contribution in [-0.2, 0) is 5.75 Å². The van der Waals surface area contributed by atoms with Crippen molar-refractivity contribution in [3.05, 3.63) is 66.6 Å². The van der Waals surface area contributed by atoms with Gasteiger partial charge in [0.15, 0.2) is 0 Å². The van der Waals surface area contributed by atoms with Crippen LogP contribution >= 0.6 is 11.8 Å². The van der Waals surface area contributed by atoms with E-state index in [0.29, 0.717) is 0 Å². The molecule has 0 saturated carbocycles. The largest absolute Gasteiger partial charge is 0.277 e. The molecule has 2 aromatic heterocycles. The van der Waals surface area contributed by atoms with E-state index in [1.54, 1.807) is 18.0 Å². The third kappa shape index (κ3) is 2.85. The maximum absolute atomic E-state index is 4.14. The summed E-state index contributed by atoms with van der Waals surface area (Å²) < 4.78 is 0. The smallest absolute Gasteiger partial charge is 0.0801 e. The zero-order chi connectivity index (χ0) is 12.9. The van der Waals surface area contributed by atoms with E-state index in [0.717, 1.165) is 21.9 Å². The van der Waals surface area contributed by atoms with Crippen molar-refractivity contribution in [1.82, 2.24) is 15.2 Å². The summed E-state index contributed by atoms with van der Waals surface area (Å²) >= 11 is 1.78. The van der Waals surface area contributed by atoms with Gasteiger partial charge in [-0.2, -0.15) is 5.10 Å². The Bertz CT molecular complexity index is 635. The van der Waals surface area contributed by atoms with E-state index in [-0.39, 0.29) is 0 Å². The summed E-state index contributed by atoms with van der Waals surface area (Å²) in [6, 6.07) is 14.4. The third-order valence-corrected chi connectivity index (χ3v) is 3.89. The molecule has 0 aliphatic carbocycles. The number of rotatable bonds is 4. The van der Waals surface area contributed by atoms with Crippen LogP contribution in [0, 0.1) is 0 Å². The van der Waals surface area contributed by atoms with Crippen LogP contribution in [0.3, 0.4) is 0 Å². The van der Waals surface area contributed by atoms with E-state index >= 15 is 0 Å². The number of hydrogen-bond donors (Lipinski definition) is 1. The van der Waals surface area contributed by atoms with Gasteiger partial charge in [-0.25, -0.2) is 0 Å². The van der Waals surface area contributed by atoms with Crippen molar-refractivity contribution in [3.8, 4) is 11.3 Å². The highest BCUT2D eigenvalue weighted by Gasteiger charge is 2.08. The van der Waals surface area contributed by atoms with E-state index in [1.165, 1.54) is 5.56 Å². The second kappa shape index (κ2) is 5.71. The molecule has 1 aromatic carbocycles. The molecule has 94 valence electrons. The Hall–Kier alpha value is -2.07. The summed E-state index contributed by atoms with van der Waals surface area (Å²) in [6.07, 6.45) is 5.49. The number of hydrogen-bond acceptors (Lipinski definition) is 3. The molecule has 0 atom stereocenters. The number of H-pyrrole nitrogens is 1. The van der Waals surface area contributed by atoms with Crippen LogP contribution in [0.5, 0.6) is 0 Å². The Morgan fingerprint density at radius 1 is 1.00 bits per heavy atom. The fraction of sp³-hybridized carbons (Fsp3) is 0.0667. The van der Waals surface area contributed by atoms with Crippen molar-refractivity contribution in [2.24, 2.45) is 0 Å². The number of benzene rings is 1. The van der Waals surface area contributed by atoms with Gasteiger partial charge in [0, 0.05) is 23.7 Å². The highest BCUT2D eigenvalue weighted by atomic mass is 32.2. The van der Waals surface area contributed by atoms with Crippen LogP contribution in [-0.4, -0.2) is 15.2 Å². The lowest BCUT2D eigenvalue weighted by Crippen LogP contribution is -1.83. The van der Waals surface area contributed by atoms with Gasteiger partial charge in [0.25, 0.3) is 0 Å². The highest BCUT2D eigenvalue weighted by Crippen LogP contribution is 2.30. The fourth-order valence-corrected chi connectivity index (χ4v) is 2.79. The zero-order valence-corrected chi connectivity index (χ0v) is 11.1. The predicted octanol–water partition coefficient (Wildman–Crippen LogP) is 3.76. The van der Waals surface area contributed by atoms with Crippen LogP contribution in [0.25, 0.3) is 11.3 Å². The standard InChI is InChI=1S/C15H13N3S/c1-2-5-12(6-3-1)11-19-14-10-17-18-15(14)13-7-4-8-16-9-13/h1-10H,11H2,(H,17,18). The Morgan fingerprint density at radius 3 is 2.68 bits per heavy atom. The molecule has 0 fully saturated rings. The molecule has 0 unspecified atom stereocenters. The Kier molecular flexibility index (Phi) is 3.61. The van der Waals surface area contributed by atoms with Crippen LogP contribution in [0.2, 0.25) is 0 Å². The minimum Gasteiger partial charge on any atom is -0.277 e. The summed E-state index contributed by atoms with van der Waals surface area (Å²) in [5.41, 5.74) is 3.41. The van der Waals surface area contributed by atoms with Gasteiger partial charge < -0.3 is 0 Å². The Morgan fingerprint density at radius 2 is 1.89 bits per heavy atom. The molecule has 19 heavy (non-hydrogen) atoms. The van der Waals surface area contributed by atoms with Crippen molar-refractivity contribution < 1.29 is 0 Å². The SMILES string of the molecule is c1ccc(CSc2cn[nH]c2-c2cccnc2)cc1. The molecule has 4 heteroatoms. The predicted molar refractivity (Wildman–Crippen MR) is 77.8 cm³/mol. The number of pyridine rings is 1. The summed E-state index contributed by atoms with van der Waals surface area (Å²) in [6.45, 7) is 0. The number of nitrogens with zero attached hydrogens (tertiary/aromatic N) is 2. The number of aromatic nitrogens is 3. The maximum Gasteiger partial charge on any atom is 0.0801 e. The molecular weight excluding hydrogens is 254 g/mol. The molecule has 0 aliphatic heterocycles. The average Bonchev–Trinajstić information content (AvgIpc) is 2.95. The lowest BCUT2D eigenvalue weighted by atomic mass is 10.2. The molecule has 0 aliphatic rings. The van der Waals surface area contributed by atoms with Crippen molar-refractivity contribution in [3.63, 3.8) is 0 Å². The van der Waals surface area contributed by atoms with Crippen LogP contribution < -0.4 is 0 Å². The number of aromatic amines is 1. The molecule has 1 N–H and O–H groups in total. The van der Waals surface area contributed by atoms with Gasteiger partial charge in [-0.3, -0.25) is 10.1 Å². The quantitative estimate of drug-likeness (QED) is 0.732. The molecule has 0 amide bonds. The lowest BCUT2D eigenvalue weighted by Gasteiger charge is -2.03. The van der Waals surface area contributed by atoms with E-state index in [2.05, 4.69) is 39.4 Å². The zero-order valence-electron chi connectivity index (χ0n) is 10.3. The lowest BCUT2D eigenvalue weighted by molar-refractivity contribution is 1.09. The molecular formula is C15H13N3S. The van der Waals surface area contributed by atoms with Crippen LogP contribution in [0.1, 0.15) is 5.56 Å². The second-order valence-electron chi connectivity index (χ2n) is 4.13.